The first kappa shape index (κ1) is 16.5. The Kier molecular flexibility index (Phi) is 5.21. The van der Waals surface area contributed by atoms with E-state index in [1.54, 1.807) is 6.20 Å². The Bertz CT molecular complexity index is 622. The molecule has 0 radical (unpaired) electrons. The Morgan fingerprint density at radius 1 is 1.27 bits per heavy atom. The minimum absolute atomic E-state index is 0. The maximum absolute atomic E-state index is 12.4. The topological polar surface area (TPSA) is 81.2 Å². The minimum atomic E-state index is -0.736. The normalized spacial score (nSPS) is 16.6. The molecular formula is C16H20ClN3O2. The van der Waals surface area contributed by atoms with Gasteiger partial charge in [0.15, 0.2) is 12.2 Å². The third kappa shape index (κ3) is 3.48. The number of nitrogens with two attached hydrogens (primary N) is 1. The van der Waals surface area contributed by atoms with Crippen LogP contribution in [0, 0.1) is 0 Å². The van der Waals surface area contributed by atoms with E-state index in [0.717, 1.165) is 43.4 Å². The van der Waals surface area contributed by atoms with Crippen molar-refractivity contribution in [1.29, 1.82) is 0 Å². The van der Waals surface area contributed by atoms with Gasteiger partial charge in [0.25, 0.3) is 0 Å². The van der Waals surface area contributed by atoms with Crippen LogP contribution in [0.3, 0.4) is 0 Å². The molecular weight excluding hydrogens is 302 g/mol. The van der Waals surface area contributed by atoms with Gasteiger partial charge in [0.05, 0.1) is 11.7 Å². The Balaban J connectivity index is 0.00000176. The van der Waals surface area contributed by atoms with Crippen molar-refractivity contribution in [3.05, 3.63) is 36.9 Å². The SMILES string of the molecule is Cl.NC1(C(=O)Nc2cccc(-c3cnco3)c2)CCCCC1. The molecule has 3 N–H and O–H groups in total. The van der Waals surface area contributed by atoms with Crippen LogP contribution in [-0.4, -0.2) is 16.4 Å². The van der Waals surface area contributed by atoms with Crippen LogP contribution in [0.25, 0.3) is 11.3 Å². The smallest absolute Gasteiger partial charge is 0.244 e. The summed E-state index contributed by atoms with van der Waals surface area (Å²) in [7, 11) is 0. The van der Waals surface area contributed by atoms with Gasteiger partial charge in [-0.1, -0.05) is 31.4 Å². The number of anilines is 1. The average molecular weight is 322 g/mol. The van der Waals surface area contributed by atoms with E-state index in [0.29, 0.717) is 5.76 Å². The van der Waals surface area contributed by atoms with Crippen LogP contribution >= 0.6 is 12.4 Å². The monoisotopic (exact) mass is 321 g/mol. The molecule has 1 fully saturated rings. The van der Waals surface area contributed by atoms with E-state index >= 15 is 0 Å². The van der Waals surface area contributed by atoms with Gasteiger partial charge in [-0.15, -0.1) is 12.4 Å². The first-order chi connectivity index (χ1) is 10.2. The van der Waals surface area contributed by atoms with Crippen LogP contribution in [0.1, 0.15) is 32.1 Å². The van der Waals surface area contributed by atoms with E-state index in [4.69, 9.17) is 10.2 Å². The third-order valence-corrected chi connectivity index (χ3v) is 4.04. The van der Waals surface area contributed by atoms with Crippen molar-refractivity contribution < 1.29 is 9.21 Å². The summed E-state index contributed by atoms with van der Waals surface area (Å²) < 4.78 is 5.27. The molecule has 0 saturated heterocycles. The molecule has 118 valence electrons. The maximum atomic E-state index is 12.4. The van der Waals surface area contributed by atoms with Crippen LogP contribution in [0.15, 0.2) is 41.3 Å². The summed E-state index contributed by atoms with van der Waals surface area (Å²) in [6.45, 7) is 0. The number of carbonyl (C=O) groups is 1. The zero-order valence-electron chi connectivity index (χ0n) is 12.2. The largest absolute Gasteiger partial charge is 0.444 e. The van der Waals surface area contributed by atoms with Gasteiger partial charge in [-0.2, -0.15) is 0 Å². The summed E-state index contributed by atoms with van der Waals surface area (Å²) >= 11 is 0. The van der Waals surface area contributed by atoms with E-state index in [2.05, 4.69) is 10.3 Å². The van der Waals surface area contributed by atoms with Gasteiger partial charge in [0.1, 0.15) is 0 Å². The van der Waals surface area contributed by atoms with Crippen molar-refractivity contribution in [1.82, 2.24) is 4.98 Å². The van der Waals surface area contributed by atoms with Crippen LogP contribution in [0.5, 0.6) is 0 Å². The standard InChI is InChI=1S/C16H19N3O2.ClH/c17-16(7-2-1-3-8-16)15(20)19-13-6-4-5-12(9-13)14-10-18-11-21-14;/h4-6,9-11H,1-3,7-8,17H2,(H,19,20);1H. The lowest BCUT2D eigenvalue weighted by Gasteiger charge is -2.31. The number of hydrogen-bond donors (Lipinski definition) is 2. The fraction of sp³-hybridized carbons (Fsp3) is 0.375. The number of halogens is 1. The van der Waals surface area contributed by atoms with Crippen molar-refractivity contribution in [2.75, 3.05) is 5.32 Å². The lowest BCUT2D eigenvalue weighted by molar-refractivity contribution is -0.122. The van der Waals surface area contributed by atoms with E-state index in [9.17, 15) is 4.79 Å². The summed E-state index contributed by atoms with van der Waals surface area (Å²) in [6, 6.07) is 7.50. The number of oxazole rings is 1. The van der Waals surface area contributed by atoms with Crippen LogP contribution < -0.4 is 11.1 Å². The predicted molar refractivity (Wildman–Crippen MR) is 87.8 cm³/mol. The van der Waals surface area contributed by atoms with Gasteiger partial charge in [-0.05, 0) is 25.0 Å². The van der Waals surface area contributed by atoms with Gasteiger partial charge in [-0.25, -0.2) is 4.98 Å². The summed E-state index contributed by atoms with van der Waals surface area (Å²) in [4.78, 5) is 16.3. The molecule has 0 spiro atoms. The molecule has 6 heteroatoms. The van der Waals surface area contributed by atoms with Crippen LogP contribution in [0.4, 0.5) is 5.69 Å². The van der Waals surface area contributed by atoms with Crippen LogP contribution in [0.2, 0.25) is 0 Å². The number of nitrogens with one attached hydrogen (secondary N) is 1. The highest BCUT2D eigenvalue weighted by atomic mass is 35.5. The molecule has 1 aromatic heterocycles. The average Bonchev–Trinajstić information content (AvgIpc) is 3.02. The zero-order valence-corrected chi connectivity index (χ0v) is 13.1. The Labute approximate surface area is 135 Å². The summed E-state index contributed by atoms with van der Waals surface area (Å²) in [5.41, 5.74) is 7.11. The molecule has 2 aromatic rings. The number of amides is 1. The fourth-order valence-corrected chi connectivity index (χ4v) is 2.77. The number of nitrogens with zero attached hydrogens (tertiary/aromatic N) is 1. The molecule has 1 saturated carbocycles. The molecule has 1 amide bonds. The molecule has 5 nitrogen and oxygen atoms in total. The molecule has 0 unspecified atom stereocenters. The third-order valence-electron chi connectivity index (χ3n) is 4.04. The molecule has 0 atom stereocenters. The number of hydrogen-bond acceptors (Lipinski definition) is 4. The zero-order chi connectivity index (χ0) is 14.7. The molecule has 1 heterocycles. The first-order valence-corrected chi connectivity index (χ1v) is 7.27. The lowest BCUT2D eigenvalue weighted by Crippen LogP contribution is -2.52. The van der Waals surface area contributed by atoms with Gasteiger partial charge in [0, 0.05) is 11.3 Å². The fourth-order valence-electron chi connectivity index (χ4n) is 2.77. The van der Waals surface area contributed by atoms with Crippen molar-refractivity contribution in [3.8, 4) is 11.3 Å². The number of aromatic nitrogens is 1. The molecule has 3 rings (SSSR count). The van der Waals surface area contributed by atoms with Crippen molar-refractivity contribution >= 4 is 24.0 Å². The molecule has 1 aliphatic rings. The number of benzene rings is 1. The number of carbonyl (C=O) groups excluding carboxylic acids is 1. The van der Waals surface area contributed by atoms with Gasteiger partial charge in [0.2, 0.25) is 5.91 Å². The molecule has 0 aliphatic heterocycles. The Morgan fingerprint density at radius 3 is 2.73 bits per heavy atom. The second-order valence-corrected chi connectivity index (χ2v) is 5.62. The van der Waals surface area contributed by atoms with Crippen LogP contribution in [-0.2, 0) is 4.79 Å². The lowest BCUT2D eigenvalue weighted by atomic mass is 9.82. The number of rotatable bonds is 3. The van der Waals surface area contributed by atoms with Gasteiger partial charge < -0.3 is 15.5 Å². The molecule has 0 bridgehead atoms. The van der Waals surface area contributed by atoms with E-state index < -0.39 is 5.54 Å². The highest BCUT2D eigenvalue weighted by Crippen LogP contribution is 2.28. The maximum Gasteiger partial charge on any atom is 0.244 e. The van der Waals surface area contributed by atoms with Crippen molar-refractivity contribution in [2.24, 2.45) is 5.73 Å². The highest BCUT2D eigenvalue weighted by Gasteiger charge is 2.35. The van der Waals surface area contributed by atoms with Crippen molar-refractivity contribution in [3.63, 3.8) is 0 Å². The quantitative estimate of drug-likeness (QED) is 0.908. The van der Waals surface area contributed by atoms with E-state index in [-0.39, 0.29) is 18.3 Å². The summed E-state index contributed by atoms with van der Waals surface area (Å²) in [6.07, 6.45) is 7.72. The van der Waals surface area contributed by atoms with Crippen molar-refractivity contribution in [2.45, 2.75) is 37.6 Å². The highest BCUT2D eigenvalue weighted by molar-refractivity contribution is 5.98. The molecule has 1 aromatic carbocycles. The predicted octanol–water partition coefficient (Wildman–Crippen LogP) is 3.36. The second-order valence-electron chi connectivity index (χ2n) is 5.62. The first-order valence-electron chi connectivity index (χ1n) is 7.27. The second kappa shape index (κ2) is 6.94. The Hall–Kier alpha value is -1.85. The van der Waals surface area contributed by atoms with Gasteiger partial charge in [-0.3, -0.25) is 4.79 Å². The molecule has 22 heavy (non-hydrogen) atoms. The Morgan fingerprint density at radius 2 is 2.05 bits per heavy atom. The van der Waals surface area contributed by atoms with E-state index in [1.165, 1.54) is 6.39 Å². The van der Waals surface area contributed by atoms with Gasteiger partial charge >= 0.3 is 0 Å². The summed E-state index contributed by atoms with van der Waals surface area (Å²) in [5.74, 6) is 0.572. The van der Waals surface area contributed by atoms with E-state index in [1.807, 2.05) is 24.3 Å². The summed E-state index contributed by atoms with van der Waals surface area (Å²) in [5, 5.41) is 2.93. The molecule has 1 aliphatic carbocycles. The minimum Gasteiger partial charge on any atom is -0.444 e.